The second kappa shape index (κ2) is 5.01. The SMILES string of the molecule is C[C@@H](N)CCONC(=N)N. The van der Waals surface area contributed by atoms with E-state index in [1.54, 1.807) is 0 Å². The molecule has 60 valence electrons. The molecule has 10 heavy (non-hydrogen) atoms. The lowest BCUT2D eigenvalue weighted by molar-refractivity contribution is 0.0788. The molecule has 0 fully saturated rings. The quantitative estimate of drug-likeness (QED) is 0.179. The molecule has 6 N–H and O–H groups in total. The molecule has 0 bridgehead atoms. The maximum absolute atomic E-state index is 6.69. The van der Waals surface area contributed by atoms with Crippen molar-refractivity contribution >= 4 is 5.96 Å². The number of nitrogens with two attached hydrogens (primary N) is 2. The maximum atomic E-state index is 6.69. The maximum Gasteiger partial charge on any atom is 0.210 e. The van der Waals surface area contributed by atoms with Crippen LogP contribution in [0.1, 0.15) is 13.3 Å². The Bertz CT molecular complexity index is 104. The number of hydrogen-bond donors (Lipinski definition) is 4. The predicted octanol–water partition coefficient (Wildman–Crippen LogP) is -0.862. The van der Waals surface area contributed by atoms with Crippen molar-refractivity contribution in [2.75, 3.05) is 6.61 Å². The number of hydrogen-bond acceptors (Lipinski definition) is 3. The lowest BCUT2D eigenvalue weighted by Gasteiger charge is -2.05. The Morgan fingerprint density at radius 3 is 2.80 bits per heavy atom. The minimum Gasteiger partial charge on any atom is -0.368 e. The summed E-state index contributed by atoms with van der Waals surface area (Å²) in [5.41, 5.74) is 12.5. The van der Waals surface area contributed by atoms with Crippen LogP contribution in [0.2, 0.25) is 0 Å². The standard InChI is InChI=1S/C5H14N4O/c1-4(6)2-3-10-9-5(7)8/h4H,2-3,6H2,1H3,(H4,7,8,9)/t4-/m1/s1. The first-order chi connectivity index (χ1) is 4.63. The van der Waals surface area contributed by atoms with Crippen LogP contribution in [0, 0.1) is 5.41 Å². The van der Waals surface area contributed by atoms with E-state index in [2.05, 4.69) is 5.48 Å². The molecule has 0 aliphatic heterocycles. The highest BCUT2D eigenvalue weighted by Gasteiger charge is 1.93. The largest absolute Gasteiger partial charge is 0.368 e. The van der Waals surface area contributed by atoms with E-state index in [1.807, 2.05) is 6.92 Å². The molecule has 0 aliphatic carbocycles. The molecule has 0 aromatic heterocycles. The summed E-state index contributed by atoms with van der Waals surface area (Å²) in [6, 6.07) is 0.119. The van der Waals surface area contributed by atoms with Gasteiger partial charge in [0.1, 0.15) is 0 Å². The van der Waals surface area contributed by atoms with Gasteiger partial charge in [-0.15, -0.1) is 0 Å². The van der Waals surface area contributed by atoms with Crippen LogP contribution < -0.4 is 16.9 Å². The van der Waals surface area contributed by atoms with E-state index < -0.39 is 0 Å². The van der Waals surface area contributed by atoms with Gasteiger partial charge in [-0.25, -0.2) is 5.48 Å². The predicted molar refractivity (Wildman–Crippen MR) is 39.3 cm³/mol. The lowest BCUT2D eigenvalue weighted by Crippen LogP contribution is -2.31. The van der Waals surface area contributed by atoms with Gasteiger partial charge in [-0.3, -0.25) is 10.2 Å². The molecular formula is C5H14N4O. The Kier molecular flexibility index (Phi) is 4.61. The van der Waals surface area contributed by atoms with Gasteiger partial charge in [0.2, 0.25) is 5.96 Å². The Morgan fingerprint density at radius 2 is 2.40 bits per heavy atom. The molecule has 1 atom stereocenters. The summed E-state index contributed by atoms with van der Waals surface area (Å²) in [5.74, 6) is -0.190. The van der Waals surface area contributed by atoms with Crippen LogP contribution in [-0.2, 0) is 4.84 Å². The van der Waals surface area contributed by atoms with Crippen molar-refractivity contribution in [3.05, 3.63) is 0 Å². The second-order valence-electron chi connectivity index (χ2n) is 2.13. The first kappa shape index (κ1) is 9.19. The Balaban J connectivity index is 2.98. The zero-order valence-corrected chi connectivity index (χ0v) is 6.05. The molecule has 5 heteroatoms. The number of nitrogens with one attached hydrogen (secondary N) is 2. The van der Waals surface area contributed by atoms with Gasteiger partial charge in [-0.05, 0) is 13.3 Å². The third-order valence-corrected chi connectivity index (χ3v) is 0.857. The summed E-state index contributed by atoms with van der Waals surface area (Å²) in [6.07, 6.45) is 0.750. The molecular weight excluding hydrogens is 132 g/mol. The summed E-state index contributed by atoms with van der Waals surface area (Å²) in [4.78, 5) is 4.73. The van der Waals surface area contributed by atoms with Crippen LogP contribution in [0.25, 0.3) is 0 Å². The average molecular weight is 146 g/mol. The second-order valence-corrected chi connectivity index (χ2v) is 2.13. The van der Waals surface area contributed by atoms with Crippen LogP contribution in [0.4, 0.5) is 0 Å². The highest BCUT2D eigenvalue weighted by molar-refractivity contribution is 5.72. The first-order valence-corrected chi connectivity index (χ1v) is 3.10. The first-order valence-electron chi connectivity index (χ1n) is 3.10. The van der Waals surface area contributed by atoms with E-state index >= 15 is 0 Å². The molecule has 0 saturated heterocycles. The summed E-state index contributed by atoms with van der Waals surface area (Å²) in [7, 11) is 0. The van der Waals surface area contributed by atoms with E-state index in [0.717, 1.165) is 6.42 Å². The number of hydroxylamine groups is 1. The summed E-state index contributed by atoms with van der Waals surface area (Å²) in [5, 5.41) is 6.69. The van der Waals surface area contributed by atoms with Crippen LogP contribution in [-0.4, -0.2) is 18.6 Å². The van der Waals surface area contributed by atoms with Gasteiger partial charge in [0.05, 0.1) is 6.61 Å². The number of rotatable bonds is 4. The van der Waals surface area contributed by atoms with Crippen LogP contribution in [0.3, 0.4) is 0 Å². The molecule has 0 rings (SSSR count). The van der Waals surface area contributed by atoms with Crippen molar-refractivity contribution in [3.8, 4) is 0 Å². The minimum absolute atomic E-state index is 0.119. The molecule has 0 amide bonds. The summed E-state index contributed by atoms with van der Waals surface area (Å²) >= 11 is 0. The van der Waals surface area contributed by atoms with E-state index in [4.69, 9.17) is 21.7 Å². The van der Waals surface area contributed by atoms with Gasteiger partial charge in [-0.2, -0.15) is 0 Å². The molecule has 0 aliphatic rings. The third kappa shape index (κ3) is 7.19. The third-order valence-electron chi connectivity index (χ3n) is 0.857. The van der Waals surface area contributed by atoms with Crippen molar-refractivity contribution in [1.82, 2.24) is 5.48 Å². The fourth-order valence-corrected chi connectivity index (χ4v) is 0.374. The highest BCUT2D eigenvalue weighted by Crippen LogP contribution is 1.83. The van der Waals surface area contributed by atoms with E-state index in [1.165, 1.54) is 0 Å². The normalized spacial score (nSPS) is 12.6. The fraction of sp³-hybridized carbons (Fsp3) is 0.800. The lowest BCUT2D eigenvalue weighted by atomic mass is 10.3. The van der Waals surface area contributed by atoms with E-state index in [0.29, 0.717) is 6.61 Å². The molecule has 0 radical (unpaired) electrons. The van der Waals surface area contributed by atoms with E-state index in [9.17, 15) is 0 Å². The Hall–Kier alpha value is -0.810. The molecule has 0 saturated carbocycles. The van der Waals surface area contributed by atoms with Crippen molar-refractivity contribution in [3.63, 3.8) is 0 Å². The van der Waals surface area contributed by atoms with Gasteiger partial charge < -0.3 is 11.5 Å². The zero-order chi connectivity index (χ0) is 7.98. The van der Waals surface area contributed by atoms with Gasteiger partial charge in [0, 0.05) is 6.04 Å². The highest BCUT2D eigenvalue weighted by atomic mass is 16.6. The molecule has 5 nitrogen and oxygen atoms in total. The summed E-state index contributed by atoms with van der Waals surface area (Å²) in [6.45, 7) is 2.36. The van der Waals surface area contributed by atoms with Crippen molar-refractivity contribution in [2.45, 2.75) is 19.4 Å². The molecule has 0 spiro atoms. The van der Waals surface area contributed by atoms with Crippen molar-refractivity contribution in [2.24, 2.45) is 11.5 Å². The number of guanidine groups is 1. The van der Waals surface area contributed by atoms with Crippen molar-refractivity contribution < 1.29 is 4.84 Å². The molecule has 0 heterocycles. The molecule has 0 aromatic rings. The fourth-order valence-electron chi connectivity index (χ4n) is 0.374. The Morgan fingerprint density at radius 1 is 1.80 bits per heavy atom. The smallest absolute Gasteiger partial charge is 0.210 e. The van der Waals surface area contributed by atoms with Crippen molar-refractivity contribution in [1.29, 1.82) is 5.41 Å². The van der Waals surface area contributed by atoms with Crippen LogP contribution in [0.5, 0.6) is 0 Å². The Labute approximate surface area is 60.2 Å². The van der Waals surface area contributed by atoms with Crippen LogP contribution >= 0.6 is 0 Å². The molecule has 0 aromatic carbocycles. The topological polar surface area (TPSA) is 97.1 Å². The minimum atomic E-state index is -0.190. The summed E-state index contributed by atoms with van der Waals surface area (Å²) < 4.78 is 0. The van der Waals surface area contributed by atoms with Gasteiger partial charge in [0.15, 0.2) is 0 Å². The zero-order valence-electron chi connectivity index (χ0n) is 6.05. The van der Waals surface area contributed by atoms with E-state index in [-0.39, 0.29) is 12.0 Å². The molecule has 0 unspecified atom stereocenters. The monoisotopic (exact) mass is 146 g/mol. The van der Waals surface area contributed by atoms with Crippen LogP contribution in [0.15, 0.2) is 0 Å². The van der Waals surface area contributed by atoms with Gasteiger partial charge in [-0.1, -0.05) is 0 Å². The van der Waals surface area contributed by atoms with Gasteiger partial charge in [0.25, 0.3) is 0 Å². The van der Waals surface area contributed by atoms with Gasteiger partial charge >= 0.3 is 0 Å². The average Bonchev–Trinajstić information content (AvgIpc) is 1.79.